The minimum Gasteiger partial charge on any atom is -0.453 e. The quantitative estimate of drug-likeness (QED) is 0.473. The van der Waals surface area contributed by atoms with Gasteiger partial charge in [-0.25, -0.2) is 0 Å². The van der Waals surface area contributed by atoms with Gasteiger partial charge in [0, 0.05) is 12.0 Å². The number of Topliss-reactive ketones (excluding diaryl/α,β-unsaturated/α-hetero) is 1. The summed E-state index contributed by atoms with van der Waals surface area (Å²) in [5.74, 6) is -1.77. The number of rotatable bonds is 9. The van der Waals surface area contributed by atoms with Gasteiger partial charge in [0.05, 0.1) is 12.1 Å². The first-order valence-electron chi connectivity index (χ1n) is 10.0. The third kappa shape index (κ3) is 6.10. The highest BCUT2D eigenvalue weighted by atomic mass is 19.3. The Morgan fingerprint density at radius 3 is 2.55 bits per heavy atom. The number of carbonyl (C=O) groups is 3. The molecule has 0 heterocycles. The molecule has 3 rings (SSSR count). The van der Waals surface area contributed by atoms with Crippen LogP contribution in [0.2, 0.25) is 0 Å². The Balaban J connectivity index is 1.49. The highest BCUT2D eigenvalue weighted by Crippen LogP contribution is 2.26. The van der Waals surface area contributed by atoms with Gasteiger partial charge in [-0.1, -0.05) is 24.3 Å². The van der Waals surface area contributed by atoms with Gasteiger partial charge in [0.2, 0.25) is 0 Å². The van der Waals surface area contributed by atoms with Crippen LogP contribution in [-0.2, 0) is 27.2 Å². The summed E-state index contributed by atoms with van der Waals surface area (Å²) >= 11 is 0. The van der Waals surface area contributed by atoms with E-state index in [1.165, 1.54) is 42.3 Å². The van der Waals surface area contributed by atoms with Gasteiger partial charge in [0.15, 0.2) is 11.9 Å². The van der Waals surface area contributed by atoms with Gasteiger partial charge in [-0.2, -0.15) is 8.78 Å². The van der Waals surface area contributed by atoms with Crippen LogP contribution in [0.4, 0.5) is 14.5 Å². The van der Waals surface area contributed by atoms with Crippen molar-refractivity contribution in [2.45, 2.75) is 51.7 Å². The summed E-state index contributed by atoms with van der Waals surface area (Å²) in [6, 6.07) is 11.3. The maximum absolute atomic E-state index is 12.5. The Kier molecular flexibility index (Phi) is 7.33. The van der Waals surface area contributed by atoms with E-state index in [0.717, 1.165) is 19.3 Å². The lowest BCUT2D eigenvalue weighted by Crippen LogP contribution is -2.30. The number of amides is 1. The number of fused-ring (bicyclic) bond motifs is 1. The molecular formula is C23H23F2NO5. The fraction of sp³-hybridized carbons (Fsp3) is 0.348. The van der Waals surface area contributed by atoms with Crippen molar-refractivity contribution in [3.8, 4) is 5.75 Å². The molecule has 1 N–H and O–H groups in total. The van der Waals surface area contributed by atoms with Crippen LogP contribution in [0.15, 0.2) is 42.5 Å². The summed E-state index contributed by atoms with van der Waals surface area (Å²) in [4.78, 5) is 36.7. The van der Waals surface area contributed by atoms with Crippen LogP contribution >= 0.6 is 0 Å². The fourth-order valence-corrected chi connectivity index (χ4v) is 3.42. The molecule has 0 bridgehead atoms. The lowest BCUT2D eigenvalue weighted by atomic mass is 10.0. The maximum atomic E-state index is 12.5. The molecule has 0 spiro atoms. The van der Waals surface area contributed by atoms with E-state index in [2.05, 4.69) is 10.1 Å². The number of halogens is 2. The van der Waals surface area contributed by atoms with Gasteiger partial charge in [-0.05, 0) is 55.5 Å². The van der Waals surface area contributed by atoms with Crippen LogP contribution in [0.25, 0.3) is 0 Å². The molecule has 1 atom stereocenters. The average Bonchev–Trinajstić information content (AvgIpc) is 3.20. The number of ether oxygens (including phenoxy) is 2. The van der Waals surface area contributed by atoms with Crippen molar-refractivity contribution in [1.29, 1.82) is 0 Å². The molecule has 164 valence electrons. The Morgan fingerprint density at radius 2 is 1.77 bits per heavy atom. The summed E-state index contributed by atoms with van der Waals surface area (Å²) in [7, 11) is 0. The zero-order valence-electron chi connectivity index (χ0n) is 17.0. The number of anilines is 1. The van der Waals surface area contributed by atoms with Gasteiger partial charge >= 0.3 is 12.6 Å². The second-order valence-electron chi connectivity index (χ2n) is 7.26. The number of carbonyl (C=O) groups excluding carboxylic acids is 3. The summed E-state index contributed by atoms with van der Waals surface area (Å²) in [5, 5.41) is 2.39. The molecule has 6 nitrogen and oxygen atoms in total. The highest BCUT2D eigenvalue weighted by Gasteiger charge is 2.21. The van der Waals surface area contributed by atoms with Crippen LogP contribution in [0, 0.1) is 0 Å². The Morgan fingerprint density at radius 1 is 1.03 bits per heavy atom. The lowest BCUT2D eigenvalue weighted by Gasteiger charge is -2.15. The standard InChI is InChI=1S/C23H23F2NO5/c1-14(22(29)26-18-7-2-3-8-20(18)31-23(24)25)30-21(28)12-11-19(27)17-10-9-15-5-4-6-16(15)13-17/h2-3,7-10,13-14,23H,4-6,11-12H2,1H3,(H,26,29). The van der Waals surface area contributed by atoms with Crippen LogP contribution in [0.3, 0.4) is 0 Å². The summed E-state index contributed by atoms with van der Waals surface area (Å²) in [6.45, 7) is -1.69. The van der Waals surface area contributed by atoms with Gasteiger partial charge < -0.3 is 14.8 Å². The van der Waals surface area contributed by atoms with Gasteiger partial charge in [0.25, 0.3) is 5.91 Å². The largest absolute Gasteiger partial charge is 0.453 e. The van der Waals surface area contributed by atoms with Crippen molar-refractivity contribution >= 4 is 23.3 Å². The minimum atomic E-state index is -3.04. The van der Waals surface area contributed by atoms with Crippen molar-refractivity contribution in [3.05, 3.63) is 59.2 Å². The molecular weight excluding hydrogens is 408 g/mol. The van der Waals surface area contributed by atoms with E-state index in [9.17, 15) is 23.2 Å². The zero-order chi connectivity index (χ0) is 22.4. The SMILES string of the molecule is CC(OC(=O)CCC(=O)c1ccc2c(c1)CCC2)C(=O)Nc1ccccc1OC(F)F. The number of esters is 1. The molecule has 0 radical (unpaired) electrons. The topological polar surface area (TPSA) is 81.7 Å². The number of alkyl halides is 2. The number of aryl methyl sites for hydroxylation is 2. The molecule has 8 heteroatoms. The number of hydrogen-bond acceptors (Lipinski definition) is 5. The Hall–Kier alpha value is -3.29. The fourth-order valence-electron chi connectivity index (χ4n) is 3.42. The number of nitrogens with one attached hydrogen (secondary N) is 1. The Bertz CT molecular complexity index is 976. The first-order valence-corrected chi connectivity index (χ1v) is 10.0. The van der Waals surface area contributed by atoms with Gasteiger partial charge in [0.1, 0.15) is 5.75 Å². The molecule has 0 aromatic heterocycles. The molecule has 1 amide bonds. The molecule has 31 heavy (non-hydrogen) atoms. The first kappa shape index (κ1) is 22.4. The predicted octanol–water partition coefficient (Wildman–Crippen LogP) is 4.31. The minimum absolute atomic E-state index is 0.0301. The molecule has 1 aliphatic rings. The molecule has 1 unspecified atom stereocenters. The van der Waals surface area contributed by atoms with E-state index in [1.807, 2.05) is 12.1 Å². The number of hydrogen-bond donors (Lipinski definition) is 1. The number of benzene rings is 2. The summed E-state index contributed by atoms with van der Waals surface area (Å²) < 4.78 is 34.4. The second kappa shape index (κ2) is 10.1. The van der Waals surface area contributed by atoms with E-state index in [1.54, 1.807) is 6.07 Å². The molecule has 2 aromatic rings. The first-order chi connectivity index (χ1) is 14.8. The average molecular weight is 431 g/mol. The second-order valence-corrected chi connectivity index (χ2v) is 7.26. The van der Waals surface area contributed by atoms with Crippen molar-refractivity contribution in [2.24, 2.45) is 0 Å². The van der Waals surface area contributed by atoms with Crippen LogP contribution in [0.1, 0.15) is 47.7 Å². The predicted molar refractivity (Wildman–Crippen MR) is 109 cm³/mol. The van der Waals surface area contributed by atoms with Crippen molar-refractivity contribution in [3.63, 3.8) is 0 Å². The van der Waals surface area contributed by atoms with Gasteiger partial charge in [-0.3, -0.25) is 14.4 Å². The molecule has 0 saturated carbocycles. The third-order valence-corrected chi connectivity index (χ3v) is 5.02. The van der Waals surface area contributed by atoms with Crippen LogP contribution in [-0.4, -0.2) is 30.4 Å². The van der Waals surface area contributed by atoms with Crippen molar-refractivity contribution in [2.75, 3.05) is 5.32 Å². The zero-order valence-corrected chi connectivity index (χ0v) is 17.0. The van der Waals surface area contributed by atoms with E-state index in [-0.39, 0.29) is 30.1 Å². The normalized spacial score (nSPS) is 13.4. The highest BCUT2D eigenvalue weighted by molar-refractivity contribution is 5.98. The van der Waals surface area contributed by atoms with E-state index in [0.29, 0.717) is 5.56 Å². The number of para-hydroxylation sites is 2. The van der Waals surface area contributed by atoms with Crippen LogP contribution in [0.5, 0.6) is 5.75 Å². The van der Waals surface area contributed by atoms with E-state index < -0.39 is 24.6 Å². The molecule has 1 aliphatic carbocycles. The molecule has 0 fully saturated rings. The van der Waals surface area contributed by atoms with E-state index >= 15 is 0 Å². The van der Waals surface area contributed by atoms with Crippen molar-refractivity contribution < 1.29 is 32.6 Å². The molecule has 0 aliphatic heterocycles. The van der Waals surface area contributed by atoms with Crippen molar-refractivity contribution in [1.82, 2.24) is 0 Å². The molecule has 2 aromatic carbocycles. The number of ketones is 1. The lowest BCUT2D eigenvalue weighted by molar-refractivity contribution is -0.153. The van der Waals surface area contributed by atoms with Crippen LogP contribution < -0.4 is 10.1 Å². The summed E-state index contributed by atoms with van der Waals surface area (Å²) in [5.41, 5.74) is 3.03. The smallest absolute Gasteiger partial charge is 0.387 e. The van der Waals surface area contributed by atoms with Gasteiger partial charge in [-0.15, -0.1) is 0 Å². The van der Waals surface area contributed by atoms with E-state index in [4.69, 9.17) is 4.74 Å². The monoisotopic (exact) mass is 431 g/mol. The Labute approximate surface area is 178 Å². The molecule has 0 saturated heterocycles. The third-order valence-electron chi connectivity index (χ3n) is 5.02. The summed E-state index contributed by atoms with van der Waals surface area (Å²) in [6.07, 6.45) is 1.68. The maximum Gasteiger partial charge on any atom is 0.387 e.